The van der Waals surface area contributed by atoms with Crippen molar-refractivity contribution >= 4 is 44.0 Å². The van der Waals surface area contributed by atoms with Crippen LogP contribution in [0.4, 0.5) is 5.13 Å². The van der Waals surface area contributed by atoms with Crippen molar-refractivity contribution in [1.82, 2.24) is 9.88 Å². The second-order valence-electron chi connectivity index (χ2n) is 7.96. The van der Waals surface area contributed by atoms with E-state index in [0.29, 0.717) is 10.8 Å². The van der Waals surface area contributed by atoms with E-state index in [2.05, 4.69) is 10.3 Å². The Labute approximate surface area is 184 Å². The summed E-state index contributed by atoms with van der Waals surface area (Å²) in [6, 6.07) is 6.37. The monoisotopic (exact) mass is 461 g/mol. The predicted molar refractivity (Wildman–Crippen MR) is 116 cm³/mol. The molecule has 0 bridgehead atoms. The van der Waals surface area contributed by atoms with Crippen molar-refractivity contribution in [3.05, 3.63) is 29.6 Å². The van der Waals surface area contributed by atoms with Crippen LogP contribution in [-0.2, 0) is 24.2 Å². The van der Waals surface area contributed by atoms with E-state index in [1.807, 2.05) is 0 Å². The Hall–Kier alpha value is -2.59. The van der Waals surface area contributed by atoms with Crippen molar-refractivity contribution in [3.8, 4) is 11.3 Å². The van der Waals surface area contributed by atoms with Gasteiger partial charge < -0.3 is 5.32 Å². The first kappa shape index (κ1) is 21.6. The zero-order valence-corrected chi connectivity index (χ0v) is 18.7. The van der Waals surface area contributed by atoms with Crippen molar-refractivity contribution in [2.45, 2.75) is 37.0 Å². The zero-order valence-electron chi connectivity index (χ0n) is 17.0. The van der Waals surface area contributed by atoms with E-state index in [0.717, 1.165) is 37.5 Å². The molecule has 0 spiro atoms. The Kier molecular flexibility index (Phi) is 5.94. The first-order valence-electron chi connectivity index (χ1n) is 10.1. The molecule has 1 aromatic carbocycles. The van der Waals surface area contributed by atoms with Gasteiger partial charge in [0.25, 0.3) is 0 Å². The zero-order chi connectivity index (χ0) is 22.2. The quantitative estimate of drug-likeness (QED) is 0.662. The summed E-state index contributed by atoms with van der Waals surface area (Å²) in [7, 11) is -3.27. The highest BCUT2D eigenvalue weighted by molar-refractivity contribution is 7.90. The number of carbonyl (C=O) groups is 3. The molecule has 10 heteroatoms. The maximum absolute atomic E-state index is 12.5. The third-order valence-electron chi connectivity index (χ3n) is 5.82. The van der Waals surface area contributed by atoms with Gasteiger partial charge in [0.15, 0.2) is 15.0 Å². The Morgan fingerprint density at radius 3 is 2.32 bits per heavy atom. The average Bonchev–Trinajstić information content (AvgIpc) is 3.30. The van der Waals surface area contributed by atoms with E-state index < -0.39 is 9.84 Å². The van der Waals surface area contributed by atoms with Gasteiger partial charge >= 0.3 is 0 Å². The minimum atomic E-state index is -3.27. The van der Waals surface area contributed by atoms with Gasteiger partial charge in [-0.05, 0) is 25.0 Å². The third-order valence-corrected chi connectivity index (χ3v) is 7.71. The van der Waals surface area contributed by atoms with E-state index in [9.17, 15) is 22.8 Å². The number of nitrogens with one attached hydrogen (secondary N) is 1. The van der Waals surface area contributed by atoms with Crippen LogP contribution in [0.2, 0.25) is 0 Å². The molecule has 4 rings (SSSR count). The largest absolute Gasteiger partial charge is 0.302 e. The van der Waals surface area contributed by atoms with E-state index in [1.165, 1.54) is 28.4 Å². The molecule has 1 aliphatic heterocycles. The minimum Gasteiger partial charge on any atom is -0.302 e. The summed E-state index contributed by atoms with van der Waals surface area (Å²) in [5.41, 5.74) is 1.36. The standard InChI is InChI=1S/C21H23N3O5S2/c1-31(28,29)14-8-6-13(7-9-14)17-12-30-21(22-17)23-18(25)10-11-24-19(26)15-4-2-3-5-16(15)20(24)27/h6-9,12,15-16H,2-5,10-11H2,1H3,(H,22,23,25)/t15-,16-/m1/s1. The lowest BCUT2D eigenvalue weighted by Crippen LogP contribution is -2.34. The molecule has 1 saturated carbocycles. The predicted octanol–water partition coefficient (Wildman–Crippen LogP) is 2.72. The molecule has 31 heavy (non-hydrogen) atoms. The van der Waals surface area contributed by atoms with Crippen LogP contribution in [0.1, 0.15) is 32.1 Å². The summed E-state index contributed by atoms with van der Waals surface area (Å²) in [6.07, 6.45) is 4.62. The summed E-state index contributed by atoms with van der Waals surface area (Å²) in [4.78, 5) is 43.2. The van der Waals surface area contributed by atoms with Crippen LogP contribution in [0.5, 0.6) is 0 Å². The second-order valence-corrected chi connectivity index (χ2v) is 10.8. The Balaban J connectivity index is 1.34. The first-order chi connectivity index (χ1) is 14.7. The van der Waals surface area contributed by atoms with Gasteiger partial charge in [-0.3, -0.25) is 19.3 Å². The molecule has 2 atom stereocenters. The number of likely N-dealkylation sites (tertiary alicyclic amines) is 1. The van der Waals surface area contributed by atoms with E-state index in [1.54, 1.807) is 17.5 Å². The van der Waals surface area contributed by atoms with Gasteiger partial charge in [-0.15, -0.1) is 11.3 Å². The number of aromatic nitrogens is 1. The maximum Gasteiger partial charge on any atom is 0.233 e. The molecule has 3 amide bonds. The summed E-state index contributed by atoms with van der Waals surface area (Å²) < 4.78 is 23.1. The number of sulfone groups is 1. The van der Waals surface area contributed by atoms with Gasteiger partial charge in [0.2, 0.25) is 17.7 Å². The average molecular weight is 462 g/mol. The highest BCUT2D eigenvalue weighted by Gasteiger charge is 2.47. The fourth-order valence-electron chi connectivity index (χ4n) is 4.18. The molecule has 1 saturated heterocycles. The van der Waals surface area contributed by atoms with E-state index >= 15 is 0 Å². The van der Waals surface area contributed by atoms with E-state index in [4.69, 9.17) is 0 Å². The van der Waals surface area contributed by atoms with Crippen LogP contribution < -0.4 is 5.32 Å². The SMILES string of the molecule is CS(=O)(=O)c1ccc(-c2csc(NC(=O)CCN3C(=O)[C@@H]4CCCC[C@H]4C3=O)n2)cc1. The molecular formula is C21H23N3O5S2. The van der Waals surface area contributed by atoms with Gasteiger partial charge in [-0.2, -0.15) is 0 Å². The van der Waals surface area contributed by atoms with Crippen LogP contribution in [0, 0.1) is 11.8 Å². The van der Waals surface area contributed by atoms with Gasteiger partial charge in [0, 0.05) is 30.2 Å². The number of anilines is 1. The summed E-state index contributed by atoms with van der Waals surface area (Å²) >= 11 is 1.25. The van der Waals surface area contributed by atoms with Crippen molar-refractivity contribution < 1.29 is 22.8 Å². The Morgan fingerprint density at radius 2 is 1.74 bits per heavy atom. The highest BCUT2D eigenvalue weighted by Crippen LogP contribution is 2.38. The van der Waals surface area contributed by atoms with Crippen LogP contribution in [0.3, 0.4) is 0 Å². The van der Waals surface area contributed by atoms with Crippen LogP contribution in [0.25, 0.3) is 11.3 Å². The number of hydrogen-bond donors (Lipinski definition) is 1. The summed E-state index contributed by atoms with van der Waals surface area (Å²) in [5.74, 6) is -1.02. The number of amides is 3. The topological polar surface area (TPSA) is 114 Å². The fraction of sp³-hybridized carbons (Fsp3) is 0.429. The molecule has 0 unspecified atom stereocenters. The molecule has 2 aromatic rings. The fourth-order valence-corrected chi connectivity index (χ4v) is 5.55. The Bertz CT molecular complexity index is 1100. The number of carbonyl (C=O) groups excluding carboxylic acids is 3. The number of fused-ring (bicyclic) bond motifs is 1. The number of nitrogens with zero attached hydrogens (tertiary/aromatic N) is 2. The number of thiazole rings is 1. The van der Waals surface area contributed by atoms with Crippen LogP contribution in [-0.4, -0.2) is 48.8 Å². The maximum atomic E-state index is 12.5. The van der Waals surface area contributed by atoms with Crippen molar-refractivity contribution in [2.24, 2.45) is 11.8 Å². The molecule has 2 heterocycles. The van der Waals surface area contributed by atoms with Gasteiger partial charge in [0.1, 0.15) is 0 Å². The molecule has 2 fully saturated rings. The molecule has 1 aliphatic carbocycles. The minimum absolute atomic E-state index is 0.0227. The molecule has 1 aromatic heterocycles. The third kappa shape index (κ3) is 4.54. The first-order valence-corrected chi connectivity index (χ1v) is 12.9. The van der Waals surface area contributed by atoms with Gasteiger partial charge in [-0.1, -0.05) is 25.0 Å². The van der Waals surface area contributed by atoms with Crippen molar-refractivity contribution in [1.29, 1.82) is 0 Å². The summed E-state index contributed by atoms with van der Waals surface area (Å²) in [6.45, 7) is 0.0850. The van der Waals surface area contributed by atoms with Crippen LogP contribution in [0.15, 0.2) is 34.5 Å². The lowest BCUT2D eigenvalue weighted by molar-refractivity contribution is -0.140. The summed E-state index contributed by atoms with van der Waals surface area (Å²) in [5, 5.41) is 4.88. The lowest BCUT2D eigenvalue weighted by atomic mass is 9.81. The number of imide groups is 1. The van der Waals surface area contributed by atoms with E-state index in [-0.39, 0.29) is 47.4 Å². The molecule has 2 aliphatic rings. The molecular weight excluding hydrogens is 438 g/mol. The number of rotatable bonds is 6. The van der Waals surface area contributed by atoms with Crippen molar-refractivity contribution in [3.63, 3.8) is 0 Å². The molecule has 1 N–H and O–H groups in total. The highest BCUT2D eigenvalue weighted by atomic mass is 32.2. The number of benzene rings is 1. The second kappa shape index (κ2) is 8.51. The number of hydrogen-bond acceptors (Lipinski definition) is 7. The smallest absolute Gasteiger partial charge is 0.233 e. The lowest BCUT2D eigenvalue weighted by Gasteiger charge is -2.19. The van der Waals surface area contributed by atoms with Gasteiger partial charge in [0.05, 0.1) is 22.4 Å². The Morgan fingerprint density at radius 1 is 1.13 bits per heavy atom. The van der Waals surface area contributed by atoms with Crippen LogP contribution >= 0.6 is 11.3 Å². The molecule has 8 nitrogen and oxygen atoms in total. The van der Waals surface area contributed by atoms with Gasteiger partial charge in [-0.25, -0.2) is 13.4 Å². The molecule has 164 valence electrons. The normalized spacial score (nSPS) is 21.3. The van der Waals surface area contributed by atoms with Crippen molar-refractivity contribution in [2.75, 3.05) is 18.1 Å². The molecule has 0 radical (unpaired) electrons.